The number of rotatable bonds is 4. The lowest BCUT2D eigenvalue weighted by atomic mass is 9.84. The van der Waals surface area contributed by atoms with Gasteiger partial charge in [-0.3, -0.25) is 4.79 Å². The zero-order chi connectivity index (χ0) is 15.8. The smallest absolute Gasteiger partial charge is 0.335 e. The summed E-state index contributed by atoms with van der Waals surface area (Å²) in [4.78, 5) is 22.6. The van der Waals surface area contributed by atoms with Crippen molar-refractivity contribution < 1.29 is 19.8 Å². The van der Waals surface area contributed by atoms with Crippen LogP contribution in [0, 0.1) is 0 Å². The molecule has 1 aromatic carbocycles. The summed E-state index contributed by atoms with van der Waals surface area (Å²) in [6, 6.07) is 3.16. The molecule has 112 valence electrons. The van der Waals surface area contributed by atoms with E-state index < -0.39 is 5.97 Å². The highest BCUT2D eigenvalue weighted by atomic mass is 16.4. The largest absolute Gasteiger partial charge is 0.478 e. The minimum atomic E-state index is -1.02. The van der Waals surface area contributed by atoms with Crippen molar-refractivity contribution in [3.63, 3.8) is 0 Å². The first-order valence-electron chi connectivity index (χ1n) is 6.76. The Labute approximate surface area is 122 Å². The number of carbonyl (C=O) groups excluding carboxylic acids is 1. The number of fused-ring (bicyclic) bond motifs is 1. The first-order chi connectivity index (χ1) is 9.79. The van der Waals surface area contributed by atoms with E-state index in [0.717, 1.165) is 11.1 Å². The Morgan fingerprint density at radius 2 is 2.00 bits per heavy atom. The second-order valence-corrected chi connectivity index (χ2v) is 6.09. The molecule has 0 atom stereocenters. The summed E-state index contributed by atoms with van der Waals surface area (Å²) < 4.78 is 1.81. The molecule has 1 aromatic heterocycles. The van der Waals surface area contributed by atoms with Gasteiger partial charge in [-0.05, 0) is 23.1 Å². The fourth-order valence-corrected chi connectivity index (χ4v) is 2.54. The third-order valence-corrected chi connectivity index (χ3v) is 3.53. The van der Waals surface area contributed by atoms with Gasteiger partial charge in [-0.15, -0.1) is 0 Å². The average Bonchev–Trinajstić information content (AvgIpc) is 2.75. The number of carboxylic acid groups (broad SMARTS) is 1. The van der Waals surface area contributed by atoms with Gasteiger partial charge < -0.3 is 14.8 Å². The number of aldehydes is 1. The first kappa shape index (κ1) is 15.3. The lowest BCUT2D eigenvalue weighted by Crippen LogP contribution is -2.15. The van der Waals surface area contributed by atoms with Crippen LogP contribution >= 0.6 is 0 Å². The molecule has 0 saturated carbocycles. The predicted molar refractivity (Wildman–Crippen MR) is 80.1 cm³/mol. The maximum atomic E-state index is 11.3. The standard InChI is InChI=1S/C16H19NO4/c1-16(2,3)13-7-10(15(20)21)6-12-11(9-19)8-17(4-5-18)14(12)13/h6-9,18H,4-5H2,1-3H3,(H,20,21). The monoisotopic (exact) mass is 289 g/mol. The lowest BCUT2D eigenvalue weighted by molar-refractivity contribution is 0.0696. The Hall–Kier alpha value is -2.14. The third kappa shape index (κ3) is 2.69. The van der Waals surface area contributed by atoms with Crippen molar-refractivity contribution in [1.29, 1.82) is 0 Å². The number of carbonyl (C=O) groups is 2. The van der Waals surface area contributed by atoms with E-state index in [1.807, 2.05) is 25.3 Å². The molecule has 0 aliphatic heterocycles. The lowest BCUT2D eigenvalue weighted by Gasteiger charge is -2.22. The van der Waals surface area contributed by atoms with Gasteiger partial charge >= 0.3 is 5.97 Å². The topological polar surface area (TPSA) is 79.5 Å². The molecule has 0 amide bonds. The normalized spacial score (nSPS) is 11.8. The van der Waals surface area contributed by atoms with Gasteiger partial charge in [0.1, 0.15) is 0 Å². The minimum absolute atomic E-state index is 0.0493. The van der Waals surface area contributed by atoms with Crippen LogP contribution in [-0.4, -0.2) is 33.6 Å². The second kappa shape index (κ2) is 5.33. The fraction of sp³-hybridized carbons (Fsp3) is 0.375. The molecule has 0 unspecified atom stereocenters. The van der Waals surface area contributed by atoms with Crippen molar-refractivity contribution >= 4 is 23.2 Å². The molecule has 0 saturated heterocycles. The van der Waals surface area contributed by atoms with Crippen molar-refractivity contribution in [2.45, 2.75) is 32.7 Å². The van der Waals surface area contributed by atoms with Gasteiger partial charge in [-0.25, -0.2) is 4.79 Å². The Morgan fingerprint density at radius 3 is 2.48 bits per heavy atom. The molecule has 2 rings (SSSR count). The molecule has 0 radical (unpaired) electrons. The van der Waals surface area contributed by atoms with Crippen LogP contribution < -0.4 is 0 Å². The average molecular weight is 289 g/mol. The Kier molecular flexibility index (Phi) is 3.87. The molecule has 21 heavy (non-hydrogen) atoms. The van der Waals surface area contributed by atoms with Crippen molar-refractivity contribution in [3.8, 4) is 0 Å². The summed E-state index contributed by atoms with van der Waals surface area (Å²) in [5, 5.41) is 19.1. The second-order valence-electron chi connectivity index (χ2n) is 6.09. The molecule has 0 spiro atoms. The number of aliphatic hydroxyl groups is 1. The maximum absolute atomic E-state index is 11.3. The zero-order valence-corrected chi connectivity index (χ0v) is 12.4. The van der Waals surface area contributed by atoms with Crippen molar-refractivity contribution in [1.82, 2.24) is 4.57 Å². The van der Waals surface area contributed by atoms with E-state index in [1.165, 1.54) is 6.07 Å². The molecular weight excluding hydrogens is 270 g/mol. The van der Waals surface area contributed by atoms with Gasteiger partial charge in [0, 0.05) is 23.7 Å². The number of benzene rings is 1. The van der Waals surface area contributed by atoms with Crippen LogP contribution in [-0.2, 0) is 12.0 Å². The molecule has 1 heterocycles. The third-order valence-electron chi connectivity index (χ3n) is 3.53. The van der Waals surface area contributed by atoms with Crippen LogP contribution in [0.1, 0.15) is 47.1 Å². The fourth-order valence-electron chi connectivity index (χ4n) is 2.54. The van der Waals surface area contributed by atoms with Crippen LogP contribution in [0.25, 0.3) is 10.9 Å². The quantitative estimate of drug-likeness (QED) is 0.847. The Balaban J connectivity index is 2.92. The highest BCUT2D eigenvalue weighted by Crippen LogP contribution is 2.33. The van der Waals surface area contributed by atoms with E-state index in [4.69, 9.17) is 0 Å². The van der Waals surface area contributed by atoms with Gasteiger partial charge in [0.2, 0.25) is 0 Å². The van der Waals surface area contributed by atoms with E-state index in [2.05, 4.69) is 0 Å². The van der Waals surface area contributed by atoms with Crippen LogP contribution in [0.15, 0.2) is 18.3 Å². The SMILES string of the molecule is CC(C)(C)c1cc(C(=O)O)cc2c(C=O)cn(CCO)c12. The molecule has 0 fully saturated rings. The number of hydrogen-bond acceptors (Lipinski definition) is 3. The molecular formula is C16H19NO4. The molecule has 2 N–H and O–H groups in total. The maximum Gasteiger partial charge on any atom is 0.335 e. The minimum Gasteiger partial charge on any atom is -0.478 e. The molecule has 0 aliphatic rings. The van der Waals surface area contributed by atoms with Gasteiger partial charge in [0.25, 0.3) is 0 Å². The summed E-state index contributed by atoms with van der Waals surface area (Å²) in [7, 11) is 0. The van der Waals surface area contributed by atoms with Crippen molar-refractivity contribution in [2.24, 2.45) is 0 Å². The summed E-state index contributed by atoms with van der Waals surface area (Å²) in [6.07, 6.45) is 2.38. The number of aromatic nitrogens is 1. The molecule has 2 aromatic rings. The Bertz CT molecular complexity index is 707. The number of hydrogen-bond donors (Lipinski definition) is 2. The van der Waals surface area contributed by atoms with E-state index in [0.29, 0.717) is 23.8 Å². The van der Waals surface area contributed by atoms with E-state index in [1.54, 1.807) is 12.3 Å². The van der Waals surface area contributed by atoms with Gasteiger partial charge in [-0.2, -0.15) is 0 Å². The summed E-state index contributed by atoms with van der Waals surface area (Å²) in [5.74, 6) is -1.02. The number of carboxylic acids is 1. The Morgan fingerprint density at radius 1 is 1.33 bits per heavy atom. The predicted octanol–water partition coefficient (Wildman–Crippen LogP) is 2.44. The van der Waals surface area contributed by atoms with Crippen LogP contribution in [0.3, 0.4) is 0 Å². The van der Waals surface area contributed by atoms with Gasteiger partial charge in [0.05, 0.1) is 17.7 Å². The summed E-state index contributed by atoms with van der Waals surface area (Å²) >= 11 is 0. The highest BCUT2D eigenvalue weighted by Gasteiger charge is 2.23. The van der Waals surface area contributed by atoms with Crippen LogP contribution in [0.2, 0.25) is 0 Å². The van der Waals surface area contributed by atoms with E-state index in [9.17, 15) is 19.8 Å². The molecule has 5 nitrogen and oxygen atoms in total. The molecule has 0 aliphatic carbocycles. The number of nitrogens with zero attached hydrogens (tertiary/aromatic N) is 1. The summed E-state index contributed by atoms with van der Waals surface area (Å²) in [6.45, 7) is 6.28. The van der Waals surface area contributed by atoms with Crippen molar-refractivity contribution in [3.05, 3.63) is 35.0 Å². The highest BCUT2D eigenvalue weighted by molar-refractivity contribution is 6.03. The molecule has 5 heteroatoms. The van der Waals surface area contributed by atoms with Gasteiger partial charge in [-0.1, -0.05) is 20.8 Å². The van der Waals surface area contributed by atoms with Crippen LogP contribution in [0.4, 0.5) is 0 Å². The van der Waals surface area contributed by atoms with Crippen LogP contribution in [0.5, 0.6) is 0 Å². The number of aliphatic hydroxyl groups excluding tert-OH is 1. The summed E-state index contributed by atoms with van der Waals surface area (Å²) in [5.41, 5.74) is 1.97. The van der Waals surface area contributed by atoms with E-state index >= 15 is 0 Å². The zero-order valence-electron chi connectivity index (χ0n) is 12.4. The first-order valence-corrected chi connectivity index (χ1v) is 6.76. The number of aromatic carboxylic acids is 1. The van der Waals surface area contributed by atoms with E-state index in [-0.39, 0.29) is 17.6 Å². The van der Waals surface area contributed by atoms with Crippen molar-refractivity contribution in [2.75, 3.05) is 6.61 Å². The van der Waals surface area contributed by atoms with Gasteiger partial charge in [0.15, 0.2) is 6.29 Å². The molecule has 0 bridgehead atoms.